The summed E-state index contributed by atoms with van der Waals surface area (Å²) in [6.07, 6.45) is 1.13. The number of hydrogen-bond acceptors (Lipinski definition) is 5. The van der Waals surface area contributed by atoms with Crippen LogP contribution in [0.4, 0.5) is 0 Å². The monoisotopic (exact) mass is 491 g/mol. The van der Waals surface area contributed by atoms with Crippen LogP contribution in [0.2, 0.25) is 5.02 Å². The molecule has 34 heavy (non-hydrogen) atoms. The van der Waals surface area contributed by atoms with Gasteiger partial charge in [0.2, 0.25) is 5.91 Å². The van der Waals surface area contributed by atoms with Crippen LogP contribution in [0, 0.1) is 16.7 Å². The molecule has 4 rings (SSSR count). The molecule has 2 aliphatic rings. The molecule has 0 radical (unpaired) electrons. The number of nitrogens with one attached hydrogen (secondary N) is 2. The number of amides is 1. The molecule has 7 heteroatoms. The highest BCUT2D eigenvalue weighted by atomic mass is 35.5. The van der Waals surface area contributed by atoms with E-state index < -0.39 is 5.92 Å². The Kier molecular flexibility index (Phi) is 7.16. The van der Waals surface area contributed by atoms with Crippen molar-refractivity contribution >= 4 is 35.1 Å². The lowest BCUT2D eigenvalue weighted by Crippen LogP contribution is -2.37. The Morgan fingerprint density at radius 1 is 1.18 bits per heavy atom. The van der Waals surface area contributed by atoms with E-state index in [1.165, 1.54) is 11.8 Å². The van der Waals surface area contributed by atoms with E-state index in [9.17, 15) is 14.9 Å². The number of rotatable bonds is 6. The van der Waals surface area contributed by atoms with Crippen molar-refractivity contribution < 1.29 is 9.59 Å². The molecule has 2 aromatic carbocycles. The molecule has 0 bridgehead atoms. The molecule has 1 aliphatic carbocycles. The van der Waals surface area contributed by atoms with Crippen LogP contribution < -0.4 is 10.6 Å². The first-order valence-electron chi connectivity index (χ1n) is 11.1. The summed E-state index contributed by atoms with van der Waals surface area (Å²) in [5.74, 6) is -0.385. The van der Waals surface area contributed by atoms with Gasteiger partial charge in [-0.2, -0.15) is 5.26 Å². The van der Waals surface area contributed by atoms with E-state index in [1.807, 2.05) is 42.5 Å². The SMILES string of the molecule is CC1(C)CC(=O)C2=C(C1)NC(SCC(=O)NCc1ccccc1)=C(C#N)[C@@H]2c1ccc(Cl)cc1. The largest absolute Gasteiger partial charge is 0.352 e. The van der Waals surface area contributed by atoms with Gasteiger partial charge in [0.15, 0.2) is 5.78 Å². The molecule has 0 saturated carbocycles. The zero-order chi connectivity index (χ0) is 24.3. The van der Waals surface area contributed by atoms with Gasteiger partial charge < -0.3 is 10.6 Å². The Morgan fingerprint density at radius 2 is 1.88 bits per heavy atom. The van der Waals surface area contributed by atoms with Crippen LogP contribution in [0.25, 0.3) is 0 Å². The van der Waals surface area contributed by atoms with Crippen LogP contribution in [0.5, 0.6) is 0 Å². The van der Waals surface area contributed by atoms with Crippen molar-refractivity contribution in [2.45, 2.75) is 39.2 Å². The molecule has 174 valence electrons. The highest BCUT2D eigenvalue weighted by Crippen LogP contribution is 2.47. The van der Waals surface area contributed by atoms with Crippen molar-refractivity contribution in [3.63, 3.8) is 0 Å². The molecule has 1 heterocycles. The Balaban J connectivity index is 1.60. The van der Waals surface area contributed by atoms with Crippen LogP contribution in [-0.2, 0) is 16.1 Å². The van der Waals surface area contributed by atoms with Crippen molar-refractivity contribution in [3.05, 3.63) is 92.6 Å². The van der Waals surface area contributed by atoms with Crippen molar-refractivity contribution in [2.24, 2.45) is 5.41 Å². The second-order valence-electron chi connectivity index (χ2n) is 9.35. The van der Waals surface area contributed by atoms with Crippen LogP contribution in [0.1, 0.15) is 43.7 Å². The Hall–Kier alpha value is -3.01. The molecular formula is C27H26ClN3O2S. The van der Waals surface area contributed by atoms with Gasteiger partial charge in [-0.25, -0.2) is 0 Å². The number of dihydropyridines is 1. The quantitative estimate of drug-likeness (QED) is 0.561. The second kappa shape index (κ2) is 10.1. The molecule has 5 nitrogen and oxygen atoms in total. The van der Waals surface area contributed by atoms with Crippen LogP contribution in [0.15, 0.2) is 76.5 Å². The minimum atomic E-state index is -0.475. The second-order valence-corrected chi connectivity index (χ2v) is 10.8. The van der Waals surface area contributed by atoms with Gasteiger partial charge in [0, 0.05) is 29.3 Å². The number of Topliss-reactive ketones (excluding diaryl/α,β-unsaturated/α-hetero) is 1. The van der Waals surface area contributed by atoms with Crippen molar-refractivity contribution in [3.8, 4) is 6.07 Å². The highest BCUT2D eigenvalue weighted by molar-refractivity contribution is 8.03. The first-order chi connectivity index (χ1) is 16.3. The zero-order valence-electron chi connectivity index (χ0n) is 19.2. The van der Waals surface area contributed by atoms with Gasteiger partial charge in [-0.1, -0.05) is 79.7 Å². The number of nitriles is 1. The van der Waals surface area contributed by atoms with Crippen LogP contribution in [0.3, 0.4) is 0 Å². The van der Waals surface area contributed by atoms with Crippen molar-refractivity contribution in [1.29, 1.82) is 5.26 Å². The molecule has 2 aromatic rings. The van der Waals surface area contributed by atoms with E-state index in [1.54, 1.807) is 12.1 Å². The topological polar surface area (TPSA) is 82.0 Å². The number of nitrogens with zero attached hydrogens (tertiary/aromatic N) is 1. The van der Waals surface area contributed by atoms with Crippen molar-refractivity contribution in [1.82, 2.24) is 10.6 Å². The molecule has 0 unspecified atom stereocenters. The number of allylic oxidation sites excluding steroid dienone is 3. The van der Waals surface area contributed by atoms with E-state index in [4.69, 9.17) is 11.6 Å². The molecular weight excluding hydrogens is 466 g/mol. The predicted octanol–water partition coefficient (Wildman–Crippen LogP) is 5.45. The lowest BCUT2D eigenvalue weighted by atomic mass is 9.69. The summed E-state index contributed by atoms with van der Waals surface area (Å²) in [5.41, 5.74) is 3.63. The molecule has 0 aromatic heterocycles. The minimum absolute atomic E-state index is 0.0519. The number of carbonyl (C=O) groups excluding carboxylic acids is 2. The van der Waals surface area contributed by atoms with Gasteiger partial charge >= 0.3 is 0 Å². The normalized spacial score (nSPS) is 19.2. The number of halogens is 1. The maximum atomic E-state index is 13.2. The minimum Gasteiger partial charge on any atom is -0.352 e. The summed E-state index contributed by atoms with van der Waals surface area (Å²) >= 11 is 7.39. The van der Waals surface area contributed by atoms with Crippen LogP contribution >= 0.6 is 23.4 Å². The zero-order valence-corrected chi connectivity index (χ0v) is 20.7. The first kappa shape index (κ1) is 24.1. The van der Waals surface area contributed by atoms with E-state index in [0.717, 1.165) is 16.8 Å². The van der Waals surface area contributed by atoms with Crippen molar-refractivity contribution in [2.75, 3.05) is 5.75 Å². The third kappa shape index (κ3) is 5.38. The number of benzene rings is 2. The molecule has 1 amide bonds. The first-order valence-corrected chi connectivity index (χ1v) is 12.5. The maximum absolute atomic E-state index is 13.2. The molecule has 0 spiro atoms. The predicted molar refractivity (Wildman–Crippen MR) is 136 cm³/mol. The Labute approximate surface area is 209 Å². The number of carbonyl (C=O) groups is 2. The lowest BCUT2D eigenvalue weighted by molar-refractivity contribution is -0.119. The molecule has 2 N–H and O–H groups in total. The van der Waals surface area contributed by atoms with Gasteiger partial charge in [0.1, 0.15) is 0 Å². The number of ketones is 1. The van der Waals surface area contributed by atoms with Gasteiger partial charge in [-0.3, -0.25) is 9.59 Å². The molecule has 0 saturated heterocycles. The molecule has 0 fully saturated rings. The summed E-state index contributed by atoms with van der Waals surface area (Å²) in [5, 5.41) is 17.6. The maximum Gasteiger partial charge on any atom is 0.230 e. The van der Waals surface area contributed by atoms with E-state index in [-0.39, 0.29) is 22.9 Å². The lowest BCUT2D eigenvalue weighted by Gasteiger charge is -2.39. The summed E-state index contributed by atoms with van der Waals surface area (Å²) in [6.45, 7) is 4.59. The summed E-state index contributed by atoms with van der Waals surface area (Å²) in [6, 6.07) is 19.3. The van der Waals surface area contributed by atoms with Gasteiger partial charge in [-0.05, 0) is 35.1 Å². The fourth-order valence-corrected chi connectivity index (χ4v) is 5.48. The van der Waals surface area contributed by atoms with Gasteiger partial charge in [0.25, 0.3) is 0 Å². The third-order valence-electron chi connectivity index (χ3n) is 6.01. The average Bonchev–Trinajstić information content (AvgIpc) is 2.81. The summed E-state index contributed by atoms with van der Waals surface area (Å²) in [7, 11) is 0. The smallest absolute Gasteiger partial charge is 0.230 e. The van der Waals surface area contributed by atoms with E-state index in [0.29, 0.717) is 40.6 Å². The van der Waals surface area contributed by atoms with Crippen LogP contribution in [-0.4, -0.2) is 17.4 Å². The van der Waals surface area contributed by atoms with E-state index in [2.05, 4.69) is 30.6 Å². The fraction of sp³-hybridized carbons (Fsp3) is 0.296. The number of hydrogen-bond donors (Lipinski definition) is 2. The Bertz CT molecular complexity index is 1210. The Morgan fingerprint density at radius 3 is 2.56 bits per heavy atom. The van der Waals surface area contributed by atoms with Gasteiger partial charge in [0.05, 0.1) is 28.3 Å². The average molecular weight is 492 g/mol. The summed E-state index contributed by atoms with van der Waals surface area (Å²) in [4.78, 5) is 25.8. The molecule has 1 aliphatic heterocycles. The van der Waals surface area contributed by atoms with E-state index >= 15 is 0 Å². The standard InChI is InChI=1S/C27H26ClN3O2S/c1-27(2)12-21-25(22(32)13-27)24(18-8-10-19(28)11-9-18)20(14-29)26(31-21)34-16-23(33)30-15-17-6-4-3-5-7-17/h3-11,24,31H,12-13,15-16H2,1-2H3,(H,30,33)/t24-/m0/s1. The fourth-order valence-electron chi connectivity index (χ4n) is 4.46. The number of thioether (sulfide) groups is 1. The summed E-state index contributed by atoms with van der Waals surface area (Å²) < 4.78 is 0. The molecule has 1 atom stereocenters. The third-order valence-corrected chi connectivity index (χ3v) is 7.28. The highest BCUT2D eigenvalue weighted by Gasteiger charge is 2.41. The van der Waals surface area contributed by atoms with Gasteiger partial charge in [-0.15, -0.1) is 0 Å².